The number of thiazole rings is 1. The summed E-state index contributed by atoms with van der Waals surface area (Å²) >= 11 is 1.42. The van der Waals surface area contributed by atoms with Gasteiger partial charge in [0.2, 0.25) is 0 Å². The van der Waals surface area contributed by atoms with Gasteiger partial charge in [-0.05, 0) is 18.6 Å². The molecule has 1 amide bonds. The van der Waals surface area contributed by atoms with Crippen LogP contribution < -0.4 is 11.1 Å². The third kappa shape index (κ3) is 3.16. The van der Waals surface area contributed by atoms with E-state index in [2.05, 4.69) is 10.3 Å². The number of para-hydroxylation sites is 1. The molecule has 8 heteroatoms. The van der Waals surface area contributed by atoms with E-state index < -0.39 is 10.8 Å². The molecule has 0 saturated heterocycles. The molecule has 0 radical (unpaired) electrons. The number of carbonyl (C=O) groups excluding carboxylic acids is 1. The molecule has 2 rings (SSSR count). The normalized spacial score (nSPS) is 11.9. The van der Waals surface area contributed by atoms with E-state index in [1.165, 1.54) is 29.5 Å². The molecule has 2 aromatic rings. The molecule has 1 atom stereocenters. The van der Waals surface area contributed by atoms with Crippen molar-refractivity contribution in [3.05, 3.63) is 50.5 Å². The smallest absolute Gasteiger partial charge is 0.304 e. The summed E-state index contributed by atoms with van der Waals surface area (Å²) in [6.07, 6.45) is 2.28. The van der Waals surface area contributed by atoms with Gasteiger partial charge in [0, 0.05) is 11.6 Å². The fourth-order valence-electron chi connectivity index (χ4n) is 1.93. The predicted octanol–water partition coefficient (Wildman–Crippen LogP) is 2.51. The Morgan fingerprint density at radius 3 is 2.90 bits per heavy atom. The molecule has 3 N–H and O–H groups in total. The molecule has 0 bridgehead atoms. The van der Waals surface area contributed by atoms with Gasteiger partial charge in [-0.1, -0.05) is 13.0 Å². The number of nitro groups is 1. The molecule has 0 saturated carbocycles. The number of nitrogens with one attached hydrogen (secondary N) is 1. The number of nitro benzene ring substituents is 1. The highest BCUT2D eigenvalue weighted by molar-refractivity contribution is 7.09. The van der Waals surface area contributed by atoms with Crippen LogP contribution in [0.1, 0.15) is 34.8 Å². The van der Waals surface area contributed by atoms with Gasteiger partial charge in [-0.2, -0.15) is 0 Å². The fraction of sp³-hybridized carbons (Fsp3) is 0.231. The van der Waals surface area contributed by atoms with Crippen LogP contribution in [0.5, 0.6) is 0 Å². The van der Waals surface area contributed by atoms with E-state index >= 15 is 0 Å². The Labute approximate surface area is 125 Å². The van der Waals surface area contributed by atoms with Gasteiger partial charge in [0.05, 0.1) is 11.0 Å². The number of carbonyl (C=O) groups is 1. The van der Waals surface area contributed by atoms with Crippen molar-refractivity contribution in [3.8, 4) is 0 Å². The number of anilines is 1. The molecular weight excluding hydrogens is 292 g/mol. The summed E-state index contributed by atoms with van der Waals surface area (Å²) in [4.78, 5) is 26.9. The van der Waals surface area contributed by atoms with Gasteiger partial charge < -0.3 is 11.1 Å². The van der Waals surface area contributed by atoms with Crippen LogP contribution in [0.3, 0.4) is 0 Å². The molecule has 0 aliphatic carbocycles. The lowest BCUT2D eigenvalue weighted by molar-refractivity contribution is -0.384. The van der Waals surface area contributed by atoms with Crippen LogP contribution in [0.15, 0.2) is 29.8 Å². The third-order valence-corrected chi connectivity index (χ3v) is 3.85. The van der Waals surface area contributed by atoms with Gasteiger partial charge in [-0.15, -0.1) is 11.3 Å². The second-order valence-corrected chi connectivity index (χ2v) is 5.23. The number of aromatic nitrogens is 1. The van der Waals surface area contributed by atoms with Crippen LogP contribution >= 0.6 is 11.3 Å². The Hall–Kier alpha value is -2.48. The lowest BCUT2D eigenvalue weighted by atomic mass is 10.1. The van der Waals surface area contributed by atoms with Crippen molar-refractivity contribution in [3.63, 3.8) is 0 Å². The molecule has 0 spiro atoms. The van der Waals surface area contributed by atoms with Crippen molar-refractivity contribution in [2.24, 2.45) is 0 Å². The van der Waals surface area contributed by atoms with Crippen molar-refractivity contribution in [1.29, 1.82) is 0 Å². The van der Waals surface area contributed by atoms with E-state index in [1.54, 1.807) is 6.20 Å². The van der Waals surface area contributed by atoms with Gasteiger partial charge in [0.15, 0.2) is 0 Å². The first-order valence-electron chi connectivity index (χ1n) is 6.27. The number of nitrogens with zero attached hydrogens (tertiary/aromatic N) is 2. The van der Waals surface area contributed by atoms with Crippen molar-refractivity contribution in [2.45, 2.75) is 19.4 Å². The summed E-state index contributed by atoms with van der Waals surface area (Å²) in [5.74, 6) is -0.531. The zero-order valence-electron chi connectivity index (χ0n) is 11.3. The number of amides is 1. The van der Waals surface area contributed by atoms with Crippen LogP contribution in [-0.2, 0) is 0 Å². The maximum Gasteiger partial charge on any atom is 0.304 e. The minimum atomic E-state index is -0.644. The Kier molecular flexibility index (Phi) is 4.49. The molecule has 0 fully saturated rings. The molecule has 21 heavy (non-hydrogen) atoms. The minimum absolute atomic E-state index is 0.0325. The number of rotatable bonds is 5. The summed E-state index contributed by atoms with van der Waals surface area (Å²) in [5, 5.41) is 16.4. The maximum absolute atomic E-state index is 12.3. The Morgan fingerprint density at radius 1 is 1.57 bits per heavy atom. The van der Waals surface area contributed by atoms with Crippen LogP contribution in [0.2, 0.25) is 0 Å². The molecule has 0 aliphatic heterocycles. The number of hydrogen-bond acceptors (Lipinski definition) is 6. The van der Waals surface area contributed by atoms with Crippen LogP contribution in [-0.4, -0.2) is 15.8 Å². The largest absolute Gasteiger partial charge is 0.393 e. The number of hydrogen-bond donors (Lipinski definition) is 2. The molecule has 0 aliphatic rings. The average molecular weight is 306 g/mol. The summed E-state index contributed by atoms with van der Waals surface area (Å²) in [6.45, 7) is 1.90. The van der Waals surface area contributed by atoms with E-state index in [0.29, 0.717) is 6.42 Å². The highest BCUT2D eigenvalue weighted by Crippen LogP contribution is 2.27. The van der Waals surface area contributed by atoms with E-state index in [1.807, 2.05) is 12.3 Å². The molecule has 1 unspecified atom stereocenters. The lowest BCUT2D eigenvalue weighted by Gasteiger charge is -2.14. The molecule has 1 aromatic heterocycles. The zero-order valence-corrected chi connectivity index (χ0v) is 12.1. The van der Waals surface area contributed by atoms with Crippen molar-refractivity contribution in [1.82, 2.24) is 10.3 Å². The highest BCUT2D eigenvalue weighted by atomic mass is 32.1. The fourth-order valence-corrected chi connectivity index (χ4v) is 2.70. The van der Waals surface area contributed by atoms with Crippen molar-refractivity contribution in [2.75, 3.05) is 5.73 Å². The van der Waals surface area contributed by atoms with Crippen LogP contribution in [0.25, 0.3) is 0 Å². The predicted molar refractivity (Wildman–Crippen MR) is 80.1 cm³/mol. The minimum Gasteiger partial charge on any atom is -0.393 e. The van der Waals surface area contributed by atoms with E-state index in [-0.39, 0.29) is 23.0 Å². The van der Waals surface area contributed by atoms with Crippen LogP contribution in [0.4, 0.5) is 11.4 Å². The number of nitrogens with two attached hydrogens (primary N) is 1. The molecule has 1 aromatic carbocycles. The first kappa shape index (κ1) is 14.9. The Morgan fingerprint density at radius 2 is 2.33 bits per heavy atom. The first-order chi connectivity index (χ1) is 10.0. The standard InChI is InChI=1S/C13H14N4O3S/c1-2-10(13-15-6-7-21-13)16-12(18)8-4-3-5-9(14)11(8)17(19)20/h3-7,10H,2,14H2,1H3,(H,16,18). The quantitative estimate of drug-likeness (QED) is 0.501. The number of nitrogen functional groups attached to an aromatic ring is 1. The SMILES string of the molecule is CCC(NC(=O)c1cccc(N)c1[N+](=O)[O-])c1nccs1. The van der Waals surface area contributed by atoms with Crippen LogP contribution in [0, 0.1) is 10.1 Å². The second-order valence-electron chi connectivity index (χ2n) is 4.31. The van der Waals surface area contributed by atoms with Gasteiger partial charge in [0.1, 0.15) is 16.3 Å². The Balaban J connectivity index is 2.29. The van der Waals surface area contributed by atoms with Crippen molar-refractivity contribution >= 4 is 28.6 Å². The third-order valence-electron chi connectivity index (χ3n) is 2.96. The lowest BCUT2D eigenvalue weighted by Crippen LogP contribution is -2.28. The maximum atomic E-state index is 12.3. The summed E-state index contributed by atoms with van der Waals surface area (Å²) < 4.78 is 0. The average Bonchev–Trinajstić information content (AvgIpc) is 2.97. The molecule has 7 nitrogen and oxygen atoms in total. The van der Waals surface area contributed by atoms with Gasteiger partial charge in [0.25, 0.3) is 5.91 Å². The van der Waals surface area contributed by atoms with Gasteiger partial charge >= 0.3 is 5.69 Å². The van der Waals surface area contributed by atoms with E-state index in [0.717, 1.165) is 5.01 Å². The monoisotopic (exact) mass is 306 g/mol. The molecule has 1 heterocycles. The number of benzene rings is 1. The second kappa shape index (κ2) is 6.31. The van der Waals surface area contributed by atoms with E-state index in [9.17, 15) is 14.9 Å². The highest BCUT2D eigenvalue weighted by Gasteiger charge is 2.25. The topological polar surface area (TPSA) is 111 Å². The van der Waals surface area contributed by atoms with Gasteiger partial charge in [-0.3, -0.25) is 14.9 Å². The summed E-state index contributed by atoms with van der Waals surface area (Å²) in [6, 6.07) is 4.02. The molecule has 110 valence electrons. The van der Waals surface area contributed by atoms with Gasteiger partial charge in [-0.25, -0.2) is 4.98 Å². The van der Waals surface area contributed by atoms with Crippen molar-refractivity contribution < 1.29 is 9.72 Å². The zero-order chi connectivity index (χ0) is 15.4. The Bertz CT molecular complexity index is 657. The van der Waals surface area contributed by atoms with E-state index in [4.69, 9.17) is 5.73 Å². The summed E-state index contributed by atoms with van der Waals surface area (Å²) in [7, 11) is 0. The molecular formula is C13H14N4O3S. The first-order valence-corrected chi connectivity index (χ1v) is 7.15. The summed E-state index contributed by atoms with van der Waals surface area (Å²) in [5.41, 5.74) is 5.14.